The molecule has 2 aromatic carbocycles. The van der Waals surface area contributed by atoms with Gasteiger partial charge in [0.05, 0.1) is 37.2 Å². The minimum absolute atomic E-state index is 0.0734. The first-order valence-corrected chi connectivity index (χ1v) is 23.9. The molecular formula is C46H58N6O8S2. The number of allylic oxidation sites excluding steroid dienone is 1. The van der Waals surface area contributed by atoms with E-state index in [1.807, 2.05) is 66.9 Å². The molecule has 3 aliphatic rings. The van der Waals surface area contributed by atoms with Crippen molar-refractivity contribution < 1.29 is 37.0 Å². The van der Waals surface area contributed by atoms with Gasteiger partial charge in [-0.25, -0.2) is 23.2 Å². The van der Waals surface area contributed by atoms with E-state index in [4.69, 9.17) is 24.2 Å². The van der Waals surface area contributed by atoms with Crippen LogP contribution < -0.4 is 24.2 Å². The van der Waals surface area contributed by atoms with Crippen LogP contribution in [0.25, 0.3) is 21.6 Å². The van der Waals surface area contributed by atoms with Crippen molar-refractivity contribution in [2.45, 2.75) is 115 Å². The number of carbonyl (C=O) groups excluding carboxylic acids is 3. The van der Waals surface area contributed by atoms with E-state index in [1.54, 1.807) is 37.9 Å². The van der Waals surface area contributed by atoms with Gasteiger partial charge in [-0.15, -0.1) is 11.3 Å². The summed E-state index contributed by atoms with van der Waals surface area (Å²) in [5.41, 5.74) is 2.49. The van der Waals surface area contributed by atoms with E-state index in [2.05, 4.69) is 23.9 Å². The summed E-state index contributed by atoms with van der Waals surface area (Å²) in [7, 11) is -0.791. The van der Waals surface area contributed by atoms with E-state index in [9.17, 15) is 22.8 Å². The average Bonchev–Trinajstić information content (AvgIpc) is 3.53. The van der Waals surface area contributed by atoms with Crippen molar-refractivity contribution in [3.05, 3.63) is 76.8 Å². The molecule has 1 unspecified atom stereocenters. The van der Waals surface area contributed by atoms with Crippen LogP contribution >= 0.6 is 11.3 Å². The molecule has 1 saturated carbocycles. The summed E-state index contributed by atoms with van der Waals surface area (Å²) in [6, 6.07) is 11.8. The van der Waals surface area contributed by atoms with Gasteiger partial charge in [-0.05, 0) is 81.7 Å². The van der Waals surface area contributed by atoms with Crippen molar-refractivity contribution in [1.29, 1.82) is 0 Å². The molecule has 332 valence electrons. The molecular weight excluding hydrogens is 829 g/mol. The number of amides is 4. The van der Waals surface area contributed by atoms with Crippen molar-refractivity contribution >= 4 is 50.1 Å². The number of aromatic nitrogens is 2. The minimum atomic E-state index is -4.01. The molecule has 1 saturated heterocycles. The lowest BCUT2D eigenvalue weighted by atomic mass is 10.1. The molecule has 5 atom stereocenters. The van der Waals surface area contributed by atoms with Gasteiger partial charge in [0.2, 0.25) is 15.9 Å². The summed E-state index contributed by atoms with van der Waals surface area (Å²) in [6.45, 7) is 10.2. The highest BCUT2D eigenvalue weighted by atomic mass is 32.2. The number of ether oxygens (including phenoxy) is 3. The van der Waals surface area contributed by atoms with E-state index in [0.29, 0.717) is 48.0 Å². The Morgan fingerprint density at radius 3 is 2.50 bits per heavy atom. The largest absolute Gasteiger partial charge is 0.497 e. The Morgan fingerprint density at radius 1 is 1.03 bits per heavy atom. The molecule has 0 radical (unpaired) electrons. The molecule has 16 heteroatoms. The third-order valence-corrected chi connectivity index (χ3v) is 15.1. The van der Waals surface area contributed by atoms with Crippen LogP contribution in [0, 0.1) is 12.8 Å². The Kier molecular flexibility index (Phi) is 13.5. The molecule has 4 heterocycles. The predicted molar refractivity (Wildman–Crippen MR) is 240 cm³/mol. The number of nitrogens with zero attached hydrogens (tertiary/aromatic N) is 4. The number of urea groups is 1. The maximum atomic E-state index is 15.0. The Morgan fingerprint density at radius 2 is 1.81 bits per heavy atom. The number of fused-ring (bicyclic) bond motifs is 3. The normalized spacial score (nSPS) is 23.1. The van der Waals surface area contributed by atoms with Gasteiger partial charge in [-0.1, -0.05) is 51.5 Å². The van der Waals surface area contributed by atoms with Crippen LogP contribution in [-0.2, 0) is 26.2 Å². The fourth-order valence-corrected chi connectivity index (χ4v) is 10.2. The second-order valence-corrected chi connectivity index (χ2v) is 19.9. The number of carbonyl (C=O) groups is 3. The van der Waals surface area contributed by atoms with Crippen LogP contribution in [0.4, 0.5) is 4.79 Å². The molecule has 4 aromatic rings. The van der Waals surface area contributed by atoms with Crippen LogP contribution in [0.5, 0.6) is 17.2 Å². The number of benzene rings is 2. The summed E-state index contributed by atoms with van der Waals surface area (Å²) < 4.78 is 46.5. The zero-order valence-corrected chi connectivity index (χ0v) is 38.2. The summed E-state index contributed by atoms with van der Waals surface area (Å²) in [5.74, 6) is 0.365. The average molecular weight is 887 g/mol. The zero-order valence-electron chi connectivity index (χ0n) is 36.6. The zero-order chi connectivity index (χ0) is 44.3. The number of methoxy groups -OCH3 is 2. The van der Waals surface area contributed by atoms with Gasteiger partial charge >= 0.3 is 6.03 Å². The number of hydrogen-bond donors (Lipinski definition) is 2. The third kappa shape index (κ3) is 9.41. The molecule has 62 heavy (non-hydrogen) atoms. The van der Waals surface area contributed by atoms with Gasteiger partial charge in [0.15, 0.2) is 0 Å². The summed E-state index contributed by atoms with van der Waals surface area (Å²) in [4.78, 5) is 57.0. The number of rotatable bonds is 12. The molecule has 0 bridgehead atoms. The first kappa shape index (κ1) is 44.8. The minimum Gasteiger partial charge on any atom is -0.497 e. The highest BCUT2D eigenvalue weighted by Gasteiger charge is 2.61. The molecule has 2 N–H and O–H groups in total. The van der Waals surface area contributed by atoms with Crippen molar-refractivity contribution in [2.75, 3.05) is 27.3 Å². The number of thiazole rings is 1. The standard InChI is InChI=1S/C46H58N6O8S2/c1-8-29(4)62(56,57)50-44(54)46-24-32(46)14-12-10-9-11-13-21-51(25-31-15-17-33(58-6)18-16-31)45(55)52-26-34(22-38(52)42(53)49-46)60-40-23-36(43-48-37(27-61-43)28(2)3)47-41-30(5)39(59-7)20-19-35(40)41/h12,14-20,23,27-29,32,34,38H,8-11,13,21-22,24-26H2,1-7H3,(H,49,53)(H,50,54)/b14-12-/t29?,32-,34-,38+,46-/m1/s1. The number of aryl methyl sites for hydroxylation is 1. The monoisotopic (exact) mass is 886 g/mol. The number of pyridine rings is 1. The Hall–Kier alpha value is -5.22. The fourth-order valence-electron chi connectivity index (χ4n) is 8.20. The summed E-state index contributed by atoms with van der Waals surface area (Å²) in [5, 5.41) is 5.67. The SMILES string of the molecule is CCC(C)S(=O)(=O)NC(=O)[C@@]12C[C@H]1/C=C\CCCCCN(Cc1ccc(OC)cc1)C(=O)N1C[C@H](Oc3cc(-c4nc(C(C)C)cs4)nc4c(C)c(OC)ccc34)C[C@H]1C(=O)N2. The van der Waals surface area contributed by atoms with Gasteiger partial charge in [0, 0.05) is 47.8 Å². The molecule has 2 fully saturated rings. The van der Waals surface area contributed by atoms with Gasteiger partial charge in [-0.3, -0.25) is 14.3 Å². The first-order valence-electron chi connectivity index (χ1n) is 21.5. The van der Waals surface area contributed by atoms with Crippen LogP contribution in [0.2, 0.25) is 0 Å². The molecule has 7 rings (SSSR count). The first-order chi connectivity index (χ1) is 29.7. The van der Waals surface area contributed by atoms with E-state index in [1.165, 1.54) is 11.3 Å². The van der Waals surface area contributed by atoms with E-state index < -0.39 is 50.7 Å². The van der Waals surface area contributed by atoms with Gasteiger partial charge in [-0.2, -0.15) is 0 Å². The molecule has 0 spiro atoms. The third-order valence-electron chi connectivity index (χ3n) is 12.4. The topological polar surface area (TPSA) is 169 Å². The van der Waals surface area contributed by atoms with Gasteiger partial charge in [0.1, 0.15) is 45.6 Å². The Labute approximate surface area is 368 Å². The Balaban J connectivity index is 1.26. The maximum Gasteiger partial charge on any atom is 0.321 e. The van der Waals surface area contributed by atoms with Crippen LogP contribution in [-0.4, -0.2) is 96.3 Å². The van der Waals surface area contributed by atoms with Crippen LogP contribution in [0.15, 0.2) is 60.0 Å². The lowest BCUT2D eigenvalue weighted by Gasteiger charge is -2.32. The molecule has 4 amide bonds. The highest BCUT2D eigenvalue weighted by Crippen LogP contribution is 2.46. The smallest absolute Gasteiger partial charge is 0.321 e. The van der Waals surface area contributed by atoms with Crippen molar-refractivity contribution in [3.63, 3.8) is 0 Å². The summed E-state index contributed by atoms with van der Waals surface area (Å²) in [6.07, 6.45) is 7.10. The maximum absolute atomic E-state index is 15.0. The summed E-state index contributed by atoms with van der Waals surface area (Å²) >= 11 is 1.50. The highest BCUT2D eigenvalue weighted by molar-refractivity contribution is 7.90. The van der Waals surface area contributed by atoms with Crippen molar-refractivity contribution in [1.82, 2.24) is 29.8 Å². The fraction of sp³-hybridized carbons (Fsp3) is 0.500. The second kappa shape index (κ2) is 18.6. The van der Waals surface area contributed by atoms with Crippen molar-refractivity contribution in [3.8, 4) is 28.0 Å². The second-order valence-electron chi connectivity index (χ2n) is 17.0. The van der Waals surface area contributed by atoms with E-state index in [-0.39, 0.29) is 31.3 Å². The molecule has 2 aliphatic heterocycles. The molecule has 14 nitrogen and oxygen atoms in total. The predicted octanol–water partition coefficient (Wildman–Crippen LogP) is 7.50. The molecule has 2 aromatic heterocycles. The quantitative estimate of drug-likeness (QED) is 0.136. The molecule has 1 aliphatic carbocycles. The Bertz CT molecular complexity index is 2440. The lowest BCUT2D eigenvalue weighted by Crippen LogP contribution is -2.58. The van der Waals surface area contributed by atoms with Gasteiger partial charge < -0.3 is 29.3 Å². The van der Waals surface area contributed by atoms with Crippen LogP contribution in [0.1, 0.15) is 95.4 Å². The van der Waals surface area contributed by atoms with Crippen LogP contribution in [0.3, 0.4) is 0 Å². The van der Waals surface area contributed by atoms with E-state index in [0.717, 1.165) is 52.9 Å². The van der Waals surface area contributed by atoms with Crippen molar-refractivity contribution in [2.24, 2.45) is 5.92 Å². The lowest BCUT2D eigenvalue weighted by molar-refractivity contribution is -0.131. The number of sulfonamides is 1. The van der Waals surface area contributed by atoms with Gasteiger partial charge in [0.25, 0.3) is 5.91 Å². The number of nitrogens with one attached hydrogen (secondary N) is 2. The van der Waals surface area contributed by atoms with E-state index >= 15 is 0 Å². The number of hydrogen-bond acceptors (Lipinski definition) is 11.